The number of aliphatic hydroxyl groups excluding tert-OH is 1. The van der Waals surface area contributed by atoms with Crippen molar-refractivity contribution in [1.82, 2.24) is 25.2 Å². The molecule has 3 aromatic carbocycles. The molecular formula is C43H49N5O10S. The number of aliphatic hydroxyl groups is 1. The fourth-order valence-corrected chi connectivity index (χ4v) is 8.15. The molecule has 59 heavy (non-hydrogen) atoms. The molecule has 15 nitrogen and oxygen atoms in total. The summed E-state index contributed by atoms with van der Waals surface area (Å²) in [6, 6.07) is 21.3. The summed E-state index contributed by atoms with van der Waals surface area (Å²) in [4.78, 5) is 61.8. The maximum Gasteiger partial charge on any atom is 0.408 e. The number of hydrogen-bond donors (Lipinski definition) is 4. The van der Waals surface area contributed by atoms with Crippen molar-refractivity contribution < 1.29 is 46.9 Å². The fraction of sp³-hybridized carbons (Fsp3) is 0.372. The topological polar surface area (TPSA) is 203 Å². The molecule has 2 aliphatic rings. The van der Waals surface area contributed by atoms with E-state index in [2.05, 4.69) is 21.9 Å². The van der Waals surface area contributed by atoms with Crippen molar-refractivity contribution in [3.8, 4) is 22.8 Å². The Kier molecular flexibility index (Phi) is 12.3. The average molecular weight is 828 g/mol. The second-order valence-corrected chi connectivity index (χ2v) is 17.5. The molecule has 2 heterocycles. The lowest BCUT2D eigenvalue weighted by atomic mass is 10.0. The van der Waals surface area contributed by atoms with Crippen LogP contribution in [0.1, 0.15) is 40.5 Å². The molecule has 4 N–H and O–H groups in total. The first-order valence-corrected chi connectivity index (χ1v) is 20.7. The molecule has 2 unspecified atom stereocenters. The molecule has 1 aliphatic carbocycles. The van der Waals surface area contributed by atoms with E-state index in [1.807, 2.05) is 30.3 Å². The molecule has 4 aromatic rings. The molecule has 0 radical (unpaired) electrons. The first-order chi connectivity index (χ1) is 28.0. The number of alkyl carbamates (subject to hydrolysis) is 1. The summed E-state index contributed by atoms with van der Waals surface area (Å²) >= 11 is 0. The highest BCUT2D eigenvalue weighted by atomic mass is 32.2. The van der Waals surface area contributed by atoms with Crippen LogP contribution in [0, 0.1) is 11.8 Å². The summed E-state index contributed by atoms with van der Waals surface area (Å²) in [7, 11) is -2.76. The van der Waals surface area contributed by atoms with Crippen LogP contribution in [0.15, 0.2) is 102 Å². The largest absolute Gasteiger partial charge is 0.497 e. The maximum absolute atomic E-state index is 14.6. The van der Waals surface area contributed by atoms with Crippen molar-refractivity contribution in [2.24, 2.45) is 11.8 Å². The van der Waals surface area contributed by atoms with Gasteiger partial charge in [0.25, 0.3) is 15.9 Å². The Bertz CT molecular complexity index is 2340. The minimum atomic E-state index is -4.31. The highest BCUT2D eigenvalue weighted by molar-refractivity contribution is 7.90. The number of rotatable bonds is 14. The summed E-state index contributed by atoms with van der Waals surface area (Å²) in [6.45, 7) is 9.69. The maximum atomic E-state index is 14.6. The standard InChI is InChI=1S/C43H49N5O10S/c1-7-28-23-43(28,40(52)47-59(54,55)31-16-12-9-13-17-31)46-38(50)35-21-30(24-48(35)39(51)37(26(2)25-49)45-41(53)58-42(3,4)5)57-36-22-33(27-14-10-8-11-15-27)44-34-20-29(56-6)18-19-32(34)36/h7-20,22,26,28,30,35,37,49H,1,21,23-25H2,2-6H3,(H,45,53)(H,46,50)(H,47,52)/t26?,28?,30-,35+,37+,43-/m1/s1. The van der Waals surface area contributed by atoms with E-state index < -0.39 is 81.6 Å². The van der Waals surface area contributed by atoms with Crippen molar-refractivity contribution in [1.29, 1.82) is 0 Å². The summed E-state index contributed by atoms with van der Waals surface area (Å²) < 4.78 is 46.0. The Morgan fingerprint density at radius 3 is 2.32 bits per heavy atom. The third-order valence-corrected chi connectivity index (χ3v) is 11.7. The number of benzene rings is 3. The van der Waals surface area contributed by atoms with Gasteiger partial charge in [-0.15, -0.1) is 6.58 Å². The van der Waals surface area contributed by atoms with Crippen molar-refractivity contribution in [2.75, 3.05) is 20.3 Å². The molecule has 1 aromatic heterocycles. The molecule has 0 spiro atoms. The van der Waals surface area contributed by atoms with Gasteiger partial charge >= 0.3 is 6.09 Å². The molecule has 312 valence electrons. The number of amides is 4. The number of aromatic nitrogens is 1. The number of fused-ring (bicyclic) bond motifs is 1. The number of nitrogens with one attached hydrogen (secondary N) is 3. The van der Waals surface area contributed by atoms with Crippen molar-refractivity contribution in [3.63, 3.8) is 0 Å². The minimum Gasteiger partial charge on any atom is -0.497 e. The Labute approximate surface area is 343 Å². The van der Waals surface area contributed by atoms with Crippen molar-refractivity contribution in [2.45, 2.75) is 74.8 Å². The van der Waals surface area contributed by atoms with E-state index in [0.29, 0.717) is 28.1 Å². The van der Waals surface area contributed by atoms with Crippen LogP contribution < -0.4 is 24.8 Å². The average Bonchev–Trinajstić information content (AvgIpc) is 3.77. The van der Waals surface area contributed by atoms with Gasteiger partial charge in [-0.05, 0) is 51.5 Å². The van der Waals surface area contributed by atoms with Gasteiger partial charge in [-0.3, -0.25) is 14.4 Å². The number of nitrogens with zero attached hydrogens (tertiary/aromatic N) is 2. The highest BCUT2D eigenvalue weighted by Crippen LogP contribution is 2.45. The Balaban J connectivity index is 1.34. The molecule has 16 heteroatoms. The lowest BCUT2D eigenvalue weighted by molar-refractivity contribution is -0.142. The number of ether oxygens (including phenoxy) is 3. The van der Waals surface area contributed by atoms with Gasteiger partial charge in [-0.1, -0.05) is 61.5 Å². The molecule has 6 atom stereocenters. The molecule has 2 fully saturated rings. The Morgan fingerprint density at radius 2 is 1.71 bits per heavy atom. The van der Waals surface area contributed by atoms with Crippen LogP contribution in [0.2, 0.25) is 0 Å². The molecule has 1 saturated carbocycles. The summed E-state index contributed by atoms with van der Waals surface area (Å²) in [5.74, 6) is -2.89. The Hall–Kier alpha value is -6.00. The van der Waals surface area contributed by atoms with E-state index in [0.717, 1.165) is 5.56 Å². The minimum absolute atomic E-state index is 0.0536. The molecule has 0 bridgehead atoms. The van der Waals surface area contributed by atoms with Crippen LogP contribution in [0.25, 0.3) is 22.2 Å². The van der Waals surface area contributed by atoms with Crippen LogP contribution in [0.4, 0.5) is 4.79 Å². The number of pyridine rings is 1. The molecule has 6 rings (SSSR count). The quantitative estimate of drug-likeness (QED) is 0.132. The number of carbonyl (C=O) groups excluding carboxylic acids is 4. The summed E-state index contributed by atoms with van der Waals surface area (Å²) in [5.41, 5.74) is -0.605. The van der Waals surface area contributed by atoms with E-state index in [1.165, 1.54) is 35.2 Å². The van der Waals surface area contributed by atoms with Crippen molar-refractivity contribution >= 4 is 44.7 Å². The van der Waals surface area contributed by atoms with E-state index >= 15 is 0 Å². The van der Waals surface area contributed by atoms with Crippen LogP contribution in [-0.4, -0.2) is 96.8 Å². The number of likely N-dealkylation sites (tertiary alicyclic amines) is 1. The number of sulfonamides is 1. The van der Waals surface area contributed by atoms with Gasteiger partial charge in [0, 0.05) is 47.9 Å². The fourth-order valence-electron chi connectivity index (χ4n) is 7.09. The zero-order valence-corrected chi connectivity index (χ0v) is 34.3. The van der Waals surface area contributed by atoms with E-state index in [9.17, 15) is 32.7 Å². The Morgan fingerprint density at radius 1 is 1.03 bits per heavy atom. The van der Waals surface area contributed by atoms with E-state index in [1.54, 1.807) is 65.1 Å². The predicted octanol–water partition coefficient (Wildman–Crippen LogP) is 4.35. The van der Waals surface area contributed by atoms with Crippen LogP contribution in [0.3, 0.4) is 0 Å². The summed E-state index contributed by atoms with van der Waals surface area (Å²) in [5, 5.41) is 16.2. The van der Waals surface area contributed by atoms with Gasteiger partial charge in [-0.2, -0.15) is 0 Å². The van der Waals surface area contributed by atoms with Gasteiger partial charge in [-0.25, -0.2) is 22.9 Å². The third kappa shape index (κ3) is 9.50. The van der Waals surface area contributed by atoms with Crippen molar-refractivity contribution in [3.05, 3.63) is 97.6 Å². The van der Waals surface area contributed by atoms with Crippen LogP contribution >= 0.6 is 0 Å². The van der Waals surface area contributed by atoms with Crippen LogP contribution in [0.5, 0.6) is 11.5 Å². The van der Waals surface area contributed by atoms with E-state index in [4.69, 9.17) is 19.2 Å². The highest BCUT2D eigenvalue weighted by Gasteiger charge is 2.61. The third-order valence-electron chi connectivity index (χ3n) is 10.3. The molecule has 1 aliphatic heterocycles. The monoisotopic (exact) mass is 827 g/mol. The second kappa shape index (κ2) is 17.1. The van der Waals surface area contributed by atoms with Gasteiger partial charge in [0.15, 0.2) is 0 Å². The van der Waals surface area contributed by atoms with Gasteiger partial charge in [0.1, 0.15) is 40.8 Å². The number of methoxy groups -OCH3 is 1. The van der Waals surface area contributed by atoms with Crippen LogP contribution in [-0.2, 0) is 29.1 Å². The van der Waals surface area contributed by atoms with Gasteiger partial charge in [0.05, 0.1) is 29.8 Å². The molecule has 4 amide bonds. The first kappa shape index (κ1) is 42.6. The zero-order valence-electron chi connectivity index (χ0n) is 33.5. The van der Waals surface area contributed by atoms with Gasteiger partial charge in [0.2, 0.25) is 11.8 Å². The smallest absolute Gasteiger partial charge is 0.408 e. The summed E-state index contributed by atoms with van der Waals surface area (Å²) in [6.07, 6.45) is -0.272. The molecule has 1 saturated heterocycles. The number of carbonyl (C=O) groups is 4. The lowest BCUT2D eigenvalue weighted by Gasteiger charge is -2.32. The number of hydrogen-bond acceptors (Lipinski definition) is 11. The zero-order chi connectivity index (χ0) is 42.7. The van der Waals surface area contributed by atoms with Gasteiger partial charge < -0.3 is 34.9 Å². The lowest BCUT2D eigenvalue weighted by Crippen LogP contribution is -2.59. The SMILES string of the molecule is C=CC1C[C@]1(NC(=O)[C@@H]1C[C@@H](Oc2cc(-c3ccccc3)nc3cc(OC)ccc23)CN1C(=O)[C@@H](NC(=O)OC(C)(C)C)C(C)CO)C(=O)NS(=O)(=O)c1ccccc1. The molecular weight excluding hydrogens is 779 g/mol. The predicted molar refractivity (Wildman–Crippen MR) is 219 cm³/mol. The first-order valence-electron chi connectivity index (χ1n) is 19.2. The normalized spacial score (nSPS) is 21.1. The second-order valence-electron chi connectivity index (χ2n) is 15.8. The van der Waals surface area contributed by atoms with E-state index in [-0.39, 0.29) is 24.3 Å².